The SMILES string of the molecule is CC(Oc1ccc2[nH]nc(-c3cnc(N4CCC5(CCC(=O)N5C)CC4)c(F)c3)c2c1)c1c(Cl)cncc1Cl. The van der Waals surface area contributed by atoms with Gasteiger partial charge in [-0.1, -0.05) is 23.2 Å². The molecular weight excluding hydrogens is 542 g/mol. The molecule has 1 amide bonds. The third-order valence-electron chi connectivity index (χ3n) is 8.12. The predicted molar refractivity (Wildman–Crippen MR) is 149 cm³/mol. The van der Waals surface area contributed by atoms with E-state index in [1.165, 1.54) is 18.5 Å². The van der Waals surface area contributed by atoms with Crippen LogP contribution in [0, 0.1) is 5.82 Å². The molecule has 39 heavy (non-hydrogen) atoms. The van der Waals surface area contributed by atoms with Gasteiger partial charge in [0.25, 0.3) is 0 Å². The van der Waals surface area contributed by atoms with E-state index in [9.17, 15) is 4.79 Å². The van der Waals surface area contributed by atoms with Gasteiger partial charge >= 0.3 is 0 Å². The first-order valence-corrected chi connectivity index (χ1v) is 13.6. The Morgan fingerprint density at radius 2 is 1.85 bits per heavy atom. The highest BCUT2D eigenvalue weighted by Crippen LogP contribution is 2.40. The second-order valence-electron chi connectivity index (χ2n) is 10.3. The molecular formula is C28H27Cl2FN6O2. The molecule has 1 unspecified atom stereocenters. The molecule has 0 radical (unpaired) electrons. The Hall–Kier alpha value is -3.43. The topological polar surface area (TPSA) is 87.2 Å². The van der Waals surface area contributed by atoms with Crippen molar-refractivity contribution in [2.75, 3.05) is 25.0 Å². The lowest BCUT2D eigenvalue weighted by molar-refractivity contribution is -0.130. The molecule has 1 N–H and O–H groups in total. The lowest BCUT2D eigenvalue weighted by Crippen LogP contribution is -2.52. The molecule has 0 saturated carbocycles. The van der Waals surface area contributed by atoms with Gasteiger partial charge in [0.15, 0.2) is 11.6 Å². The molecule has 1 aromatic carbocycles. The summed E-state index contributed by atoms with van der Waals surface area (Å²) >= 11 is 12.6. The Kier molecular flexibility index (Phi) is 6.59. The van der Waals surface area contributed by atoms with Crippen molar-refractivity contribution in [2.24, 2.45) is 0 Å². The predicted octanol–water partition coefficient (Wildman–Crippen LogP) is 6.20. The highest BCUT2D eigenvalue weighted by Gasteiger charge is 2.45. The van der Waals surface area contributed by atoms with Crippen molar-refractivity contribution in [3.05, 3.63) is 64.3 Å². The molecule has 2 aliphatic heterocycles. The third-order valence-corrected chi connectivity index (χ3v) is 8.73. The lowest BCUT2D eigenvalue weighted by Gasteiger charge is -2.43. The summed E-state index contributed by atoms with van der Waals surface area (Å²) in [4.78, 5) is 24.4. The summed E-state index contributed by atoms with van der Waals surface area (Å²) in [6, 6.07) is 7.00. The Bertz CT molecular complexity index is 1550. The fourth-order valence-corrected chi connectivity index (χ4v) is 6.48. The van der Waals surface area contributed by atoms with E-state index in [4.69, 9.17) is 27.9 Å². The molecule has 11 heteroatoms. The number of likely N-dealkylation sites (tertiary alicyclic amines) is 1. The molecule has 6 rings (SSSR count). The van der Waals surface area contributed by atoms with Crippen LogP contribution in [0.2, 0.25) is 10.0 Å². The number of amides is 1. The number of carbonyl (C=O) groups is 1. The summed E-state index contributed by atoms with van der Waals surface area (Å²) in [5.74, 6) is 0.698. The number of halogens is 3. The van der Waals surface area contributed by atoms with Crippen molar-refractivity contribution in [1.29, 1.82) is 0 Å². The molecule has 0 bridgehead atoms. The van der Waals surface area contributed by atoms with Crippen LogP contribution in [0.3, 0.4) is 0 Å². The molecule has 0 aliphatic carbocycles. The second-order valence-corrected chi connectivity index (χ2v) is 11.1. The molecule has 2 fully saturated rings. The van der Waals surface area contributed by atoms with Gasteiger partial charge in [-0.25, -0.2) is 9.37 Å². The second kappa shape index (κ2) is 9.95. The number of benzene rings is 1. The molecule has 2 saturated heterocycles. The summed E-state index contributed by atoms with van der Waals surface area (Å²) in [5.41, 5.74) is 2.46. The van der Waals surface area contributed by atoms with Crippen LogP contribution in [0.4, 0.5) is 10.2 Å². The van der Waals surface area contributed by atoms with E-state index in [1.54, 1.807) is 6.20 Å². The van der Waals surface area contributed by atoms with Crippen LogP contribution >= 0.6 is 23.2 Å². The minimum Gasteiger partial charge on any atom is -0.486 e. The molecule has 1 atom stereocenters. The zero-order valence-corrected chi connectivity index (χ0v) is 23.1. The lowest BCUT2D eigenvalue weighted by atomic mass is 9.85. The Labute approximate surface area is 235 Å². The van der Waals surface area contributed by atoms with E-state index in [2.05, 4.69) is 20.2 Å². The van der Waals surface area contributed by atoms with Crippen LogP contribution < -0.4 is 9.64 Å². The average Bonchev–Trinajstić information content (AvgIpc) is 3.46. The smallest absolute Gasteiger partial charge is 0.222 e. The maximum atomic E-state index is 15.4. The average molecular weight is 569 g/mol. The fraction of sp³-hybridized carbons (Fsp3) is 0.357. The number of carbonyl (C=O) groups excluding carboxylic acids is 1. The number of nitrogens with zero attached hydrogens (tertiary/aromatic N) is 5. The van der Waals surface area contributed by atoms with Gasteiger partial charge in [-0.3, -0.25) is 14.9 Å². The number of fused-ring (bicyclic) bond motifs is 1. The molecule has 1 spiro atoms. The number of ether oxygens (including phenoxy) is 1. The van der Waals surface area contributed by atoms with Crippen molar-refractivity contribution < 1.29 is 13.9 Å². The van der Waals surface area contributed by atoms with Crippen molar-refractivity contribution in [2.45, 2.75) is 44.2 Å². The highest BCUT2D eigenvalue weighted by atomic mass is 35.5. The van der Waals surface area contributed by atoms with E-state index in [0.717, 1.165) is 30.2 Å². The first-order chi connectivity index (χ1) is 18.8. The highest BCUT2D eigenvalue weighted by molar-refractivity contribution is 6.35. The van der Waals surface area contributed by atoms with Crippen LogP contribution in [-0.4, -0.2) is 56.6 Å². The summed E-state index contributed by atoms with van der Waals surface area (Å²) < 4.78 is 21.5. The maximum absolute atomic E-state index is 15.4. The number of aromatic amines is 1. The monoisotopic (exact) mass is 568 g/mol. The number of H-pyrrole nitrogens is 1. The van der Waals surface area contributed by atoms with Gasteiger partial charge in [-0.2, -0.15) is 5.10 Å². The van der Waals surface area contributed by atoms with Crippen molar-refractivity contribution in [3.8, 4) is 17.0 Å². The molecule has 2 aliphatic rings. The summed E-state index contributed by atoms with van der Waals surface area (Å²) in [6.07, 6.45) is 7.35. The molecule has 8 nitrogen and oxygen atoms in total. The summed E-state index contributed by atoms with van der Waals surface area (Å²) in [6.45, 7) is 3.16. The van der Waals surface area contributed by atoms with Crippen LogP contribution in [0.15, 0.2) is 42.9 Å². The third kappa shape index (κ3) is 4.57. The van der Waals surface area contributed by atoms with E-state index in [1.807, 2.05) is 42.0 Å². The van der Waals surface area contributed by atoms with Crippen LogP contribution in [-0.2, 0) is 4.79 Å². The number of rotatable bonds is 5. The minimum atomic E-state index is -0.426. The first-order valence-electron chi connectivity index (χ1n) is 12.9. The van der Waals surface area contributed by atoms with Gasteiger partial charge in [0.2, 0.25) is 5.91 Å². The van der Waals surface area contributed by atoms with Gasteiger partial charge in [-0.15, -0.1) is 0 Å². The molecule has 4 aromatic rings. The zero-order valence-electron chi connectivity index (χ0n) is 21.5. The summed E-state index contributed by atoms with van der Waals surface area (Å²) in [5, 5.41) is 9.05. The zero-order chi connectivity index (χ0) is 27.3. The van der Waals surface area contributed by atoms with Gasteiger partial charge in [0.05, 0.1) is 15.6 Å². The van der Waals surface area contributed by atoms with Crippen molar-refractivity contribution in [1.82, 2.24) is 25.1 Å². The number of hydrogen-bond donors (Lipinski definition) is 1. The number of aromatic nitrogens is 4. The fourth-order valence-electron chi connectivity index (χ4n) is 5.81. The molecule has 5 heterocycles. The Morgan fingerprint density at radius 3 is 2.51 bits per heavy atom. The standard InChI is InChI=1S/C28H27Cl2FN6O2/c1-16(25-20(29)14-32-15-21(25)30)39-18-3-4-23-19(12-18)26(35-34-23)17-11-22(31)27(33-13-17)37-9-7-28(8-10-37)6-5-24(38)36(28)2/h3-4,11-16H,5-10H2,1-2H3,(H,34,35). The number of nitrogens with one attached hydrogen (secondary N) is 1. The minimum absolute atomic E-state index is 0.108. The number of anilines is 1. The molecule has 3 aromatic heterocycles. The normalized spacial score (nSPS) is 17.8. The van der Waals surface area contributed by atoms with Crippen LogP contribution in [0.25, 0.3) is 22.2 Å². The van der Waals surface area contributed by atoms with Crippen molar-refractivity contribution in [3.63, 3.8) is 0 Å². The van der Waals surface area contributed by atoms with E-state index in [0.29, 0.717) is 57.9 Å². The van der Waals surface area contributed by atoms with Gasteiger partial charge in [-0.05, 0) is 50.5 Å². The largest absolute Gasteiger partial charge is 0.486 e. The number of hydrogen-bond acceptors (Lipinski definition) is 6. The number of piperidine rings is 1. The number of pyridine rings is 2. The summed E-state index contributed by atoms with van der Waals surface area (Å²) in [7, 11) is 1.88. The van der Waals surface area contributed by atoms with Gasteiger partial charge < -0.3 is 14.5 Å². The van der Waals surface area contributed by atoms with Gasteiger partial charge in [0, 0.05) is 67.2 Å². The van der Waals surface area contributed by atoms with E-state index in [-0.39, 0.29) is 11.4 Å². The van der Waals surface area contributed by atoms with Crippen LogP contribution in [0.5, 0.6) is 5.75 Å². The van der Waals surface area contributed by atoms with E-state index < -0.39 is 11.9 Å². The Balaban J connectivity index is 1.22. The van der Waals surface area contributed by atoms with E-state index >= 15 is 4.39 Å². The van der Waals surface area contributed by atoms with Crippen LogP contribution in [0.1, 0.15) is 44.3 Å². The quantitative estimate of drug-likeness (QED) is 0.308. The maximum Gasteiger partial charge on any atom is 0.222 e. The first kappa shape index (κ1) is 25.8. The Morgan fingerprint density at radius 1 is 1.10 bits per heavy atom. The van der Waals surface area contributed by atoms with Crippen molar-refractivity contribution >= 4 is 45.8 Å². The molecule has 202 valence electrons. The van der Waals surface area contributed by atoms with Gasteiger partial charge in [0.1, 0.15) is 17.5 Å².